The number of nitrogens with one attached hydrogen (secondary N) is 1. The Bertz CT molecular complexity index is 295. The van der Waals surface area contributed by atoms with E-state index in [2.05, 4.69) is 24.2 Å². The summed E-state index contributed by atoms with van der Waals surface area (Å²) in [7, 11) is 4.06. The standard InChI is InChI=1S/C17H34N2O2/c1-15-5-4-7-17(11-15,13-18-8-10-20-3)14-19(2)16-6-9-21-12-16/h15-16,18H,4-14H2,1-3H3. The topological polar surface area (TPSA) is 33.7 Å². The van der Waals surface area contributed by atoms with Crippen LogP contribution in [0.2, 0.25) is 0 Å². The van der Waals surface area contributed by atoms with Gasteiger partial charge in [-0.2, -0.15) is 0 Å². The van der Waals surface area contributed by atoms with Crippen LogP contribution in [-0.2, 0) is 9.47 Å². The third-order valence-corrected chi connectivity index (χ3v) is 5.28. The molecule has 1 aliphatic heterocycles. The molecule has 4 heteroatoms. The maximum absolute atomic E-state index is 5.56. The molecule has 1 N–H and O–H groups in total. The Morgan fingerprint density at radius 2 is 2.24 bits per heavy atom. The minimum absolute atomic E-state index is 0.433. The van der Waals surface area contributed by atoms with E-state index in [0.717, 1.165) is 38.8 Å². The van der Waals surface area contributed by atoms with Crippen LogP contribution in [0, 0.1) is 11.3 Å². The van der Waals surface area contributed by atoms with Crippen molar-refractivity contribution >= 4 is 0 Å². The summed E-state index contributed by atoms with van der Waals surface area (Å²) in [5.41, 5.74) is 0.433. The summed E-state index contributed by atoms with van der Waals surface area (Å²) < 4.78 is 10.7. The summed E-state index contributed by atoms with van der Waals surface area (Å²) in [4.78, 5) is 2.56. The van der Waals surface area contributed by atoms with Gasteiger partial charge in [-0.15, -0.1) is 0 Å². The number of rotatable bonds is 8. The molecule has 0 aromatic rings. The Kier molecular flexibility index (Phi) is 6.93. The summed E-state index contributed by atoms with van der Waals surface area (Å²) in [6, 6.07) is 0.623. The molecule has 0 amide bonds. The zero-order chi connectivity index (χ0) is 15.1. The van der Waals surface area contributed by atoms with E-state index >= 15 is 0 Å². The quantitative estimate of drug-likeness (QED) is 0.696. The fraction of sp³-hybridized carbons (Fsp3) is 1.00. The van der Waals surface area contributed by atoms with Crippen LogP contribution in [-0.4, -0.2) is 64.6 Å². The normalized spacial score (nSPS) is 33.7. The van der Waals surface area contributed by atoms with Crippen LogP contribution >= 0.6 is 0 Å². The number of nitrogens with zero attached hydrogens (tertiary/aromatic N) is 1. The third-order valence-electron chi connectivity index (χ3n) is 5.28. The minimum atomic E-state index is 0.433. The highest BCUT2D eigenvalue weighted by molar-refractivity contribution is 4.91. The highest BCUT2D eigenvalue weighted by atomic mass is 16.5. The lowest BCUT2D eigenvalue weighted by Gasteiger charge is -2.44. The average molecular weight is 298 g/mol. The van der Waals surface area contributed by atoms with Gasteiger partial charge in [-0.1, -0.05) is 19.8 Å². The molecule has 1 saturated heterocycles. The van der Waals surface area contributed by atoms with Crippen LogP contribution in [0.15, 0.2) is 0 Å². The molecule has 2 aliphatic rings. The van der Waals surface area contributed by atoms with Crippen molar-refractivity contribution in [2.45, 2.75) is 45.1 Å². The molecule has 2 rings (SSSR count). The predicted molar refractivity (Wildman–Crippen MR) is 86.7 cm³/mol. The van der Waals surface area contributed by atoms with Gasteiger partial charge in [0, 0.05) is 39.4 Å². The highest BCUT2D eigenvalue weighted by Gasteiger charge is 2.37. The lowest BCUT2D eigenvalue weighted by atomic mass is 9.69. The minimum Gasteiger partial charge on any atom is -0.383 e. The fourth-order valence-electron chi connectivity index (χ4n) is 4.18. The molecule has 0 spiro atoms. The highest BCUT2D eigenvalue weighted by Crippen LogP contribution is 2.40. The second-order valence-electron chi connectivity index (χ2n) is 7.30. The Labute approximate surface area is 130 Å². The second-order valence-corrected chi connectivity index (χ2v) is 7.30. The van der Waals surface area contributed by atoms with Crippen LogP contribution in [0.5, 0.6) is 0 Å². The SMILES string of the molecule is COCCNCC1(CN(C)C2CCOC2)CCCC(C)C1. The molecule has 1 aliphatic carbocycles. The molecular weight excluding hydrogens is 264 g/mol. The largest absolute Gasteiger partial charge is 0.383 e. The first-order valence-electron chi connectivity index (χ1n) is 8.63. The van der Waals surface area contributed by atoms with Crippen molar-refractivity contribution in [1.82, 2.24) is 10.2 Å². The molecule has 4 nitrogen and oxygen atoms in total. The van der Waals surface area contributed by atoms with E-state index in [0.29, 0.717) is 11.5 Å². The van der Waals surface area contributed by atoms with E-state index in [1.807, 2.05) is 0 Å². The zero-order valence-electron chi connectivity index (χ0n) is 14.2. The van der Waals surface area contributed by atoms with Gasteiger partial charge in [0.1, 0.15) is 0 Å². The summed E-state index contributed by atoms with van der Waals surface area (Å²) in [6.45, 7) is 8.36. The van der Waals surface area contributed by atoms with Gasteiger partial charge in [0.05, 0.1) is 13.2 Å². The molecular formula is C17H34N2O2. The zero-order valence-corrected chi connectivity index (χ0v) is 14.2. The lowest BCUT2D eigenvalue weighted by Crippen LogP contribution is -2.48. The first kappa shape index (κ1) is 17.2. The van der Waals surface area contributed by atoms with Crippen molar-refractivity contribution < 1.29 is 9.47 Å². The molecule has 21 heavy (non-hydrogen) atoms. The molecule has 124 valence electrons. The van der Waals surface area contributed by atoms with Crippen molar-refractivity contribution in [3.8, 4) is 0 Å². The van der Waals surface area contributed by atoms with E-state index in [1.165, 1.54) is 38.6 Å². The van der Waals surface area contributed by atoms with Crippen LogP contribution in [0.1, 0.15) is 39.0 Å². The molecule has 3 atom stereocenters. The summed E-state index contributed by atoms with van der Waals surface area (Å²) in [5, 5.41) is 3.63. The van der Waals surface area contributed by atoms with E-state index in [9.17, 15) is 0 Å². The van der Waals surface area contributed by atoms with Crippen LogP contribution in [0.25, 0.3) is 0 Å². The predicted octanol–water partition coefficient (Wildman–Crippen LogP) is 2.14. The van der Waals surface area contributed by atoms with Crippen LogP contribution in [0.3, 0.4) is 0 Å². The smallest absolute Gasteiger partial charge is 0.0622 e. The number of hydrogen-bond acceptors (Lipinski definition) is 4. The van der Waals surface area contributed by atoms with Gasteiger partial charge in [0.2, 0.25) is 0 Å². The molecule has 1 saturated carbocycles. The second kappa shape index (κ2) is 8.47. The van der Waals surface area contributed by atoms with E-state index in [4.69, 9.17) is 9.47 Å². The molecule has 0 bridgehead atoms. The van der Waals surface area contributed by atoms with Crippen molar-refractivity contribution in [2.75, 3.05) is 53.6 Å². The van der Waals surface area contributed by atoms with E-state index in [1.54, 1.807) is 7.11 Å². The van der Waals surface area contributed by atoms with E-state index < -0.39 is 0 Å². The van der Waals surface area contributed by atoms with Gasteiger partial charge >= 0.3 is 0 Å². The van der Waals surface area contributed by atoms with Crippen molar-refractivity contribution in [2.24, 2.45) is 11.3 Å². The Morgan fingerprint density at radius 3 is 2.90 bits per heavy atom. The van der Waals surface area contributed by atoms with Gasteiger partial charge < -0.3 is 19.7 Å². The lowest BCUT2D eigenvalue weighted by molar-refractivity contribution is 0.0655. The maximum Gasteiger partial charge on any atom is 0.0622 e. The monoisotopic (exact) mass is 298 g/mol. The number of likely N-dealkylation sites (N-methyl/N-ethyl adjacent to an activating group) is 1. The fourth-order valence-corrected chi connectivity index (χ4v) is 4.18. The summed E-state index contributed by atoms with van der Waals surface area (Å²) in [5.74, 6) is 0.858. The first-order chi connectivity index (χ1) is 10.2. The summed E-state index contributed by atoms with van der Waals surface area (Å²) >= 11 is 0. The molecule has 0 radical (unpaired) electrons. The first-order valence-corrected chi connectivity index (χ1v) is 8.63. The average Bonchev–Trinajstić information content (AvgIpc) is 2.98. The number of hydrogen-bond donors (Lipinski definition) is 1. The number of methoxy groups -OCH3 is 1. The Morgan fingerprint density at radius 1 is 1.38 bits per heavy atom. The molecule has 3 unspecified atom stereocenters. The molecule has 1 heterocycles. The third kappa shape index (κ3) is 5.20. The van der Waals surface area contributed by atoms with Crippen molar-refractivity contribution in [1.29, 1.82) is 0 Å². The Hall–Kier alpha value is -0.160. The van der Waals surface area contributed by atoms with Crippen LogP contribution in [0.4, 0.5) is 0 Å². The molecule has 0 aromatic heterocycles. The number of ether oxygens (including phenoxy) is 2. The maximum atomic E-state index is 5.56. The van der Waals surface area contributed by atoms with Crippen molar-refractivity contribution in [3.63, 3.8) is 0 Å². The van der Waals surface area contributed by atoms with E-state index in [-0.39, 0.29) is 0 Å². The van der Waals surface area contributed by atoms with Crippen LogP contribution < -0.4 is 5.32 Å². The van der Waals surface area contributed by atoms with Gasteiger partial charge in [0.25, 0.3) is 0 Å². The van der Waals surface area contributed by atoms with Gasteiger partial charge in [-0.3, -0.25) is 0 Å². The van der Waals surface area contributed by atoms with Gasteiger partial charge in [0.15, 0.2) is 0 Å². The Balaban J connectivity index is 1.90. The summed E-state index contributed by atoms with van der Waals surface area (Å²) in [6.07, 6.45) is 6.68. The molecule has 2 fully saturated rings. The van der Waals surface area contributed by atoms with Crippen molar-refractivity contribution in [3.05, 3.63) is 0 Å². The van der Waals surface area contributed by atoms with Gasteiger partial charge in [-0.05, 0) is 37.6 Å². The van der Waals surface area contributed by atoms with Gasteiger partial charge in [-0.25, -0.2) is 0 Å². The molecule has 0 aromatic carbocycles.